The Morgan fingerprint density at radius 3 is 2.55 bits per heavy atom. The minimum atomic E-state index is -1.02. The van der Waals surface area contributed by atoms with Crippen molar-refractivity contribution in [1.82, 2.24) is 0 Å². The Morgan fingerprint density at radius 2 is 2.05 bits per heavy atom. The van der Waals surface area contributed by atoms with Crippen LogP contribution in [0, 0.1) is 0 Å². The molecule has 1 aliphatic carbocycles. The van der Waals surface area contributed by atoms with E-state index in [1.165, 1.54) is 0 Å². The molecule has 2 unspecified atom stereocenters. The van der Waals surface area contributed by atoms with Gasteiger partial charge in [-0.25, -0.2) is 0 Å². The molecule has 1 aliphatic rings. The Kier molecular flexibility index (Phi) is 5.81. The first-order chi connectivity index (χ1) is 9.00. The second-order valence-corrected chi connectivity index (χ2v) is 5.50. The molecule has 3 nitrogen and oxygen atoms in total. The maximum absolute atomic E-state index is 10.8. The Balaban J connectivity index is 0.00000200. The predicted molar refractivity (Wildman–Crippen MR) is 84.2 cm³/mol. The molecule has 5 heteroatoms. The lowest BCUT2D eigenvalue weighted by Gasteiger charge is -2.27. The van der Waals surface area contributed by atoms with Crippen LogP contribution in [-0.4, -0.2) is 22.0 Å². The first-order valence-corrected chi connectivity index (χ1v) is 6.50. The van der Waals surface area contributed by atoms with Crippen molar-refractivity contribution in [2.45, 2.75) is 23.8 Å². The number of allylic oxidation sites excluding steroid dienone is 4. The molecular weight excluding hydrogens is 297 g/mol. The van der Waals surface area contributed by atoms with Gasteiger partial charge < -0.3 is 10.8 Å². The van der Waals surface area contributed by atoms with Gasteiger partial charge in [0.15, 0.2) is 0 Å². The fourth-order valence-corrected chi connectivity index (χ4v) is 2.41. The minimum absolute atomic E-state index is 0. The summed E-state index contributed by atoms with van der Waals surface area (Å²) in [5.74, 6) is -1.02. The van der Waals surface area contributed by atoms with E-state index in [2.05, 4.69) is 0 Å². The molecule has 0 heterocycles. The molecule has 108 valence electrons. The van der Waals surface area contributed by atoms with E-state index in [-0.39, 0.29) is 18.8 Å². The molecule has 0 bridgehead atoms. The Morgan fingerprint density at radius 1 is 1.40 bits per heavy atom. The molecule has 3 N–H and O–H groups in total. The number of carboxylic acids is 1. The maximum atomic E-state index is 10.8. The molecular formula is C15H17Cl2NO2. The van der Waals surface area contributed by atoms with Gasteiger partial charge in [-0.2, -0.15) is 0 Å². The summed E-state index contributed by atoms with van der Waals surface area (Å²) in [6.45, 7) is 0. The van der Waals surface area contributed by atoms with Gasteiger partial charge in [-0.05, 0) is 24.0 Å². The second kappa shape index (κ2) is 6.93. The van der Waals surface area contributed by atoms with E-state index in [1.807, 2.05) is 48.6 Å². The van der Waals surface area contributed by atoms with Crippen LogP contribution in [-0.2, 0) is 4.79 Å². The fourth-order valence-electron chi connectivity index (χ4n) is 2.10. The molecule has 0 saturated heterocycles. The summed E-state index contributed by atoms with van der Waals surface area (Å²) in [5, 5.41) is 8.83. The van der Waals surface area contributed by atoms with Crippen molar-refractivity contribution in [1.29, 1.82) is 0 Å². The number of benzene rings is 1. The predicted octanol–water partition coefficient (Wildman–Crippen LogP) is 3.23. The smallest absolute Gasteiger partial charge is 0.320 e. The molecule has 1 aromatic rings. The first-order valence-electron chi connectivity index (χ1n) is 6.12. The third-order valence-electron chi connectivity index (χ3n) is 3.21. The molecule has 0 spiro atoms. The van der Waals surface area contributed by atoms with Gasteiger partial charge in [-0.15, -0.1) is 24.0 Å². The zero-order valence-corrected chi connectivity index (χ0v) is 12.4. The number of carboxylic acid groups (broad SMARTS) is 1. The summed E-state index contributed by atoms with van der Waals surface area (Å²) in [7, 11) is 0. The maximum Gasteiger partial charge on any atom is 0.320 e. The van der Waals surface area contributed by atoms with Gasteiger partial charge in [-0.3, -0.25) is 4.79 Å². The van der Waals surface area contributed by atoms with E-state index in [9.17, 15) is 4.79 Å². The van der Waals surface area contributed by atoms with E-state index in [0.717, 1.165) is 11.1 Å². The monoisotopic (exact) mass is 313 g/mol. The molecule has 0 saturated carbocycles. The van der Waals surface area contributed by atoms with Crippen molar-refractivity contribution in [3.05, 3.63) is 54.1 Å². The summed E-state index contributed by atoms with van der Waals surface area (Å²) < 4.78 is 0. The van der Waals surface area contributed by atoms with E-state index in [4.69, 9.17) is 22.4 Å². The standard InChI is InChI=1S/C15H16ClNO2.ClH/c16-15(10-13(17)14(18)19)8-6-12(7-9-15)11-4-2-1-3-5-11;/h1-8,13H,9-10,17H2,(H,18,19);1H. The van der Waals surface area contributed by atoms with Crippen molar-refractivity contribution >= 4 is 35.6 Å². The van der Waals surface area contributed by atoms with Crippen molar-refractivity contribution in [2.75, 3.05) is 0 Å². The van der Waals surface area contributed by atoms with E-state index < -0.39 is 16.9 Å². The Bertz CT molecular complexity index is 528. The molecule has 0 aliphatic heterocycles. The zero-order chi connectivity index (χ0) is 13.9. The van der Waals surface area contributed by atoms with Crippen LogP contribution < -0.4 is 5.73 Å². The minimum Gasteiger partial charge on any atom is -0.480 e. The van der Waals surface area contributed by atoms with Crippen LogP contribution in [0.4, 0.5) is 0 Å². The highest BCUT2D eigenvalue weighted by atomic mass is 35.5. The van der Waals surface area contributed by atoms with E-state index in [1.54, 1.807) is 0 Å². The van der Waals surface area contributed by atoms with Gasteiger partial charge >= 0.3 is 5.97 Å². The molecule has 0 radical (unpaired) electrons. The number of hydrogen-bond donors (Lipinski definition) is 2. The summed E-state index contributed by atoms with van der Waals surface area (Å²) in [4.78, 5) is 10.1. The number of carbonyl (C=O) groups is 1. The molecule has 0 aromatic heterocycles. The lowest BCUT2D eigenvalue weighted by Crippen LogP contribution is -2.37. The molecule has 20 heavy (non-hydrogen) atoms. The summed E-state index contributed by atoms with van der Waals surface area (Å²) in [5.41, 5.74) is 7.76. The number of halogens is 2. The van der Waals surface area contributed by atoms with Gasteiger partial charge in [0.1, 0.15) is 6.04 Å². The van der Waals surface area contributed by atoms with E-state index in [0.29, 0.717) is 6.42 Å². The molecule has 0 fully saturated rings. The van der Waals surface area contributed by atoms with Gasteiger partial charge in [0.25, 0.3) is 0 Å². The largest absolute Gasteiger partial charge is 0.480 e. The average molecular weight is 314 g/mol. The fraction of sp³-hybridized carbons (Fsp3) is 0.267. The number of hydrogen-bond acceptors (Lipinski definition) is 2. The van der Waals surface area contributed by atoms with Crippen LogP contribution in [0.25, 0.3) is 5.57 Å². The van der Waals surface area contributed by atoms with Crippen molar-refractivity contribution in [3.63, 3.8) is 0 Å². The molecule has 2 rings (SSSR count). The Labute approximate surface area is 129 Å². The lowest BCUT2D eigenvalue weighted by atomic mass is 9.88. The van der Waals surface area contributed by atoms with Crippen LogP contribution in [0.3, 0.4) is 0 Å². The highest BCUT2D eigenvalue weighted by Gasteiger charge is 2.30. The van der Waals surface area contributed by atoms with Crippen LogP contribution in [0.1, 0.15) is 18.4 Å². The number of nitrogens with two attached hydrogens (primary N) is 1. The topological polar surface area (TPSA) is 63.3 Å². The Hall–Kier alpha value is -1.29. The lowest BCUT2D eigenvalue weighted by molar-refractivity contribution is -0.138. The van der Waals surface area contributed by atoms with Crippen LogP contribution in [0.5, 0.6) is 0 Å². The third-order valence-corrected chi connectivity index (χ3v) is 3.64. The zero-order valence-electron chi connectivity index (χ0n) is 10.8. The van der Waals surface area contributed by atoms with Crippen molar-refractivity contribution < 1.29 is 9.90 Å². The molecule has 1 aromatic carbocycles. The van der Waals surface area contributed by atoms with Gasteiger partial charge in [0, 0.05) is 0 Å². The number of aliphatic carboxylic acids is 1. The van der Waals surface area contributed by atoms with Gasteiger partial charge in [0.2, 0.25) is 0 Å². The average Bonchev–Trinajstić information content (AvgIpc) is 2.40. The summed E-state index contributed by atoms with van der Waals surface area (Å²) in [6.07, 6.45) is 6.60. The van der Waals surface area contributed by atoms with Crippen LogP contribution in [0.2, 0.25) is 0 Å². The number of rotatable bonds is 4. The van der Waals surface area contributed by atoms with Crippen LogP contribution in [0.15, 0.2) is 48.6 Å². The summed E-state index contributed by atoms with van der Waals surface area (Å²) >= 11 is 6.39. The number of alkyl halides is 1. The first kappa shape index (κ1) is 16.8. The second-order valence-electron chi connectivity index (χ2n) is 4.75. The normalized spacial score (nSPS) is 22.6. The molecule has 0 amide bonds. The van der Waals surface area contributed by atoms with Crippen molar-refractivity contribution in [2.24, 2.45) is 5.73 Å². The highest BCUT2D eigenvalue weighted by molar-refractivity contribution is 6.26. The van der Waals surface area contributed by atoms with E-state index >= 15 is 0 Å². The third kappa shape index (κ3) is 4.10. The summed E-state index contributed by atoms with van der Waals surface area (Å²) in [6, 6.07) is 9.04. The SMILES string of the molecule is Cl.NC(CC1(Cl)C=CC(c2ccccc2)=CC1)C(=O)O. The van der Waals surface area contributed by atoms with Gasteiger partial charge in [0.05, 0.1) is 4.87 Å². The van der Waals surface area contributed by atoms with Crippen molar-refractivity contribution in [3.8, 4) is 0 Å². The highest BCUT2D eigenvalue weighted by Crippen LogP contribution is 2.34. The van der Waals surface area contributed by atoms with Crippen LogP contribution >= 0.6 is 24.0 Å². The quantitative estimate of drug-likeness (QED) is 0.839. The van der Waals surface area contributed by atoms with Gasteiger partial charge in [-0.1, -0.05) is 48.6 Å². The molecule has 2 atom stereocenters.